The highest BCUT2D eigenvalue weighted by atomic mass is 16.6. The molecule has 0 bridgehead atoms. The van der Waals surface area contributed by atoms with E-state index in [2.05, 4.69) is 19.9 Å². The number of hydrogen-bond acceptors (Lipinski definition) is 3. The summed E-state index contributed by atoms with van der Waals surface area (Å²) < 4.78 is 6.37. The lowest BCUT2D eigenvalue weighted by molar-refractivity contribution is -0.198. The van der Waals surface area contributed by atoms with Crippen LogP contribution >= 0.6 is 0 Å². The smallest absolute Gasteiger partial charge is 0.309 e. The Kier molecular flexibility index (Phi) is 4.30. The molecule has 5 rings (SSSR count). The second-order valence-electron chi connectivity index (χ2n) is 10.2. The first-order valence-corrected chi connectivity index (χ1v) is 11.5. The fraction of sp³-hybridized carbons (Fsp3) is 0.720. The lowest BCUT2D eigenvalue weighted by Gasteiger charge is -2.55. The molecule has 1 unspecified atom stereocenters. The van der Waals surface area contributed by atoms with Gasteiger partial charge in [-0.05, 0) is 98.8 Å². The number of esters is 1. The number of fused-ring (bicyclic) bond motifs is 6. The number of carbonyl (C=O) groups is 1. The van der Waals surface area contributed by atoms with Crippen molar-refractivity contribution in [2.24, 2.45) is 23.2 Å². The molecule has 6 atom stereocenters. The van der Waals surface area contributed by atoms with Crippen molar-refractivity contribution < 1.29 is 14.6 Å². The molecule has 1 N–H and O–H groups in total. The Hall–Kier alpha value is -1.51. The molecular formula is C25H34O3. The fourth-order valence-corrected chi connectivity index (χ4v) is 7.70. The van der Waals surface area contributed by atoms with Gasteiger partial charge in [-0.1, -0.05) is 26.3 Å². The molecule has 1 aliphatic heterocycles. The van der Waals surface area contributed by atoms with Crippen molar-refractivity contribution in [1.29, 1.82) is 0 Å². The first-order valence-electron chi connectivity index (χ1n) is 11.5. The molecule has 1 heterocycles. The van der Waals surface area contributed by atoms with E-state index in [1.54, 1.807) is 0 Å². The lowest BCUT2D eigenvalue weighted by Crippen LogP contribution is -2.55. The van der Waals surface area contributed by atoms with Gasteiger partial charge in [0, 0.05) is 5.41 Å². The van der Waals surface area contributed by atoms with E-state index in [1.807, 2.05) is 12.1 Å². The van der Waals surface area contributed by atoms with E-state index in [0.717, 1.165) is 44.9 Å². The van der Waals surface area contributed by atoms with E-state index in [-0.39, 0.29) is 22.9 Å². The lowest BCUT2D eigenvalue weighted by atomic mass is 9.52. The van der Waals surface area contributed by atoms with Crippen LogP contribution in [0, 0.1) is 23.2 Å². The minimum Gasteiger partial charge on any atom is -0.508 e. The quantitative estimate of drug-likeness (QED) is 0.663. The van der Waals surface area contributed by atoms with Crippen molar-refractivity contribution >= 4 is 5.97 Å². The number of aromatic hydroxyl groups is 1. The third-order valence-corrected chi connectivity index (χ3v) is 9.16. The van der Waals surface area contributed by atoms with E-state index in [0.29, 0.717) is 23.5 Å². The zero-order valence-electron chi connectivity index (χ0n) is 17.4. The molecular weight excluding hydrogens is 348 g/mol. The van der Waals surface area contributed by atoms with Gasteiger partial charge < -0.3 is 9.84 Å². The maximum Gasteiger partial charge on any atom is 0.309 e. The number of rotatable bonds is 2. The largest absolute Gasteiger partial charge is 0.508 e. The van der Waals surface area contributed by atoms with Gasteiger partial charge in [0.15, 0.2) is 0 Å². The highest BCUT2D eigenvalue weighted by molar-refractivity contribution is 5.74. The van der Waals surface area contributed by atoms with Crippen molar-refractivity contribution in [3.05, 3.63) is 29.3 Å². The van der Waals surface area contributed by atoms with Gasteiger partial charge in [0.05, 0.1) is 5.92 Å². The molecule has 3 aliphatic carbocycles. The molecule has 2 saturated carbocycles. The van der Waals surface area contributed by atoms with Gasteiger partial charge >= 0.3 is 5.97 Å². The monoisotopic (exact) mass is 382 g/mol. The van der Waals surface area contributed by atoms with Crippen LogP contribution in [0.3, 0.4) is 0 Å². The van der Waals surface area contributed by atoms with Crippen molar-refractivity contribution in [2.45, 2.75) is 89.6 Å². The number of hydrogen-bond donors (Lipinski definition) is 1. The third-order valence-electron chi connectivity index (χ3n) is 9.16. The maximum absolute atomic E-state index is 12.8. The van der Waals surface area contributed by atoms with E-state index in [4.69, 9.17) is 4.74 Å². The van der Waals surface area contributed by atoms with Crippen LogP contribution in [0.5, 0.6) is 5.75 Å². The summed E-state index contributed by atoms with van der Waals surface area (Å²) in [5, 5.41) is 9.88. The zero-order chi connectivity index (χ0) is 19.5. The van der Waals surface area contributed by atoms with Crippen LogP contribution in [0.4, 0.5) is 0 Å². The van der Waals surface area contributed by atoms with Gasteiger partial charge in [0.2, 0.25) is 0 Å². The Morgan fingerprint density at radius 2 is 1.96 bits per heavy atom. The average Bonchev–Trinajstić information content (AvgIpc) is 2.96. The summed E-state index contributed by atoms with van der Waals surface area (Å²) in [6.45, 7) is 4.60. The number of aryl methyl sites for hydroxylation is 1. The summed E-state index contributed by atoms with van der Waals surface area (Å²) in [7, 11) is 0. The average molecular weight is 383 g/mol. The predicted octanol–water partition coefficient (Wildman–Crippen LogP) is 5.74. The second kappa shape index (κ2) is 6.50. The van der Waals surface area contributed by atoms with Gasteiger partial charge in [-0.15, -0.1) is 0 Å². The van der Waals surface area contributed by atoms with Crippen LogP contribution in [0.25, 0.3) is 0 Å². The Labute approximate surface area is 168 Å². The first kappa shape index (κ1) is 18.5. The molecule has 0 radical (unpaired) electrons. The Morgan fingerprint density at radius 1 is 1.14 bits per heavy atom. The van der Waals surface area contributed by atoms with Gasteiger partial charge in [0.25, 0.3) is 0 Å². The van der Waals surface area contributed by atoms with Gasteiger partial charge in [0.1, 0.15) is 11.4 Å². The van der Waals surface area contributed by atoms with E-state index in [1.165, 1.54) is 30.4 Å². The molecule has 0 aromatic heterocycles. The first-order chi connectivity index (χ1) is 13.5. The summed E-state index contributed by atoms with van der Waals surface area (Å²) in [6.07, 6.45) is 11.0. The molecule has 0 amide bonds. The number of carbonyl (C=O) groups excluding carboxylic acids is 1. The minimum absolute atomic E-state index is 0.0848. The summed E-state index contributed by atoms with van der Waals surface area (Å²) in [5.74, 6) is 2.58. The summed E-state index contributed by atoms with van der Waals surface area (Å²) in [6, 6.07) is 6.01. The standard InChI is InChI=1S/C25H34O3/c1-3-4-16-9-13-25(28-23(16)27)14-11-22-21-7-5-17-15-18(26)6-8-19(17)20(21)10-12-24(22,25)2/h6,8,15-16,20-22,26H,3-5,7,9-14H2,1-2H3/t16?,20-,21-,22+,24+,25+/m1/s1. The Morgan fingerprint density at radius 3 is 2.75 bits per heavy atom. The SMILES string of the molecule is CCCC1CC[C@@]2(CC[C@H]3[C@@H]4CCc5cc(O)ccc5[C@H]4CC[C@@]32C)OC1=O. The number of benzene rings is 1. The van der Waals surface area contributed by atoms with Crippen LogP contribution in [-0.4, -0.2) is 16.7 Å². The third kappa shape index (κ3) is 2.50. The van der Waals surface area contributed by atoms with Gasteiger partial charge in [-0.2, -0.15) is 0 Å². The summed E-state index contributed by atoms with van der Waals surface area (Å²) in [4.78, 5) is 12.8. The summed E-state index contributed by atoms with van der Waals surface area (Å²) in [5.41, 5.74) is 2.75. The predicted molar refractivity (Wildman–Crippen MR) is 109 cm³/mol. The molecule has 3 fully saturated rings. The van der Waals surface area contributed by atoms with Crippen molar-refractivity contribution in [2.75, 3.05) is 0 Å². The van der Waals surface area contributed by atoms with E-state index in [9.17, 15) is 9.90 Å². The minimum atomic E-state index is -0.209. The molecule has 152 valence electrons. The van der Waals surface area contributed by atoms with Crippen molar-refractivity contribution in [3.63, 3.8) is 0 Å². The van der Waals surface area contributed by atoms with E-state index < -0.39 is 0 Å². The maximum atomic E-state index is 12.8. The van der Waals surface area contributed by atoms with Gasteiger partial charge in [-0.3, -0.25) is 4.79 Å². The van der Waals surface area contributed by atoms with Crippen LogP contribution in [0.1, 0.15) is 88.7 Å². The molecule has 1 aromatic rings. The van der Waals surface area contributed by atoms with Crippen molar-refractivity contribution in [1.82, 2.24) is 0 Å². The van der Waals surface area contributed by atoms with Crippen LogP contribution in [0.15, 0.2) is 18.2 Å². The molecule has 28 heavy (non-hydrogen) atoms. The summed E-state index contributed by atoms with van der Waals surface area (Å²) >= 11 is 0. The molecule has 1 aromatic carbocycles. The molecule has 4 aliphatic rings. The topological polar surface area (TPSA) is 46.5 Å². The van der Waals surface area contributed by atoms with Gasteiger partial charge in [-0.25, -0.2) is 0 Å². The highest BCUT2D eigenvalue weighted by Crippen LogP contribution is 2.67. The Bertz CT molecular complexity index is 786. The second-order valence-corrected chi connectivity index (χ2v) is 10.2. The highest BCUT2D eigenvalue weighted by Gasteiger charge is 2.64. The van der Waals surface area contributed by atoms with Crippen molar-refractivity contribution in [3.8, 4) is 5.75 Å². The molecule has 3 nitrogen and oxygen atoms in total. The normalized spacial score (nSPS) is 41.9. The van der Waals surface area contributed by atoms with Crippen LogP contribution < -0.4 is 0 Å². The Balaban J connectivity index is 1.42. The molecule has 1 spiro atoms. The van der Waals surface area contributed by atoms with Crippen LogP contribution in [0.2, 0.25) is 0 Å². The van der Waals surface area contributed by atoms with Crippen LogP contribution in [-0.2, 0) is 16.0 Å². The number of phenolic OH excluding ortho intramolecular Hbond substituents is 1. The fourth-order valence-electron chi connectivity index (χ4n) is 7.70. The van der Waals surface area contributed by atoms with E-state index >= 15 is 0 Å². The number of ether oxygens (including phenoxy) is 1. The molecule has 3 heteroatoms. The zero-order valence-corrected chi connectivity index (χ0v) is 17.4. The number of phenols is 1. The molecule has 1 saturated heterocycles.